The molecule has 1 rings (SSSR count). The fourth-order valence-corrected chi connectivity index (χ4v) is 1.58. The lowest BCUT2D eigenvalue weighted by molar-refractivity contribution is -0.147. The molecule has 0 atom stereocenters. The van der Waals surface area contributed by atoms with Crippen LogP contribution in [-0.2, 0) is 14.3 Å². The number of aromatic nitrogens is 1. The van der Waals surface area contributed by atoms with Crippen LogP contribution in [0.1, 0.15) is 37.0 Å². The minimum absolute atomic E-state index is 0.0823. The number of hydrogen-bond donors (Lipinski definition) is 1. The smallest absolute Gasteiger partial charge is 0.306 e. The van der Waals surface area contributed by atoms with Gasteiger partial charge in [0.05, 0.1) is 18.3 Å². The number of rotatable bonds is 9. The van der Waals surface area contributed by atoms with Crippen molar-refractivity contribution in [1.29, 1.82) is 0 Å². The summed E-state index contributed by atoms with van der Waals surface area (Å²) in [7, 11) is 0. The van der Waals surface area contributed by atoms with Crippen molar-refractivity contribution in [3.63, 3.8) is 0 Å². The quantitative estimate of drug-likeness (QED) is 0.552. The van der Waals surface area contributed by atoms with E-state index in [2.05, 4.69) is 10.3 Å². The molecule has 1 amide bonds. The second-order valence-corrected chi connectivity index (χ2v) is 4.75. The van der Waals surface area contributed by atoms with Gasteiger partial charge < -0.3 is 14.8 Å². The Morgan fingerprint density at radius 1 is 1.33 bits per heavy atom. The maximum Gasteiger partial charge on any atom is 0.306 e. The Morgan fingerprint density at radius 3 is 2.81 bits per heavy atom. The highest BCUT2D eigenvalue weighted by Crippen LogP contribution is 1.98. The van der Waals surface area contributed by atoms with Crippen molar-refractivity contribution in [3.8, 4) is 0 Å². The van der Waals surface area contributed by atoms with Gasteiger partial charge in [0.15, 0.2) is 0 Å². The minimum Gasteiger partial charge on any atom is -0.463 e. The zero-order valence-corrected chi connectivity index (χ0v) is 12.5. The van der Waals surface area contributed by atoms with E-state index in [9.17, 15) is 9.59 Å². The average molecular weight is 294 g/mol. The summed E-state index contributed by atoms with van der Waals surface area (Å²) < 4.78 is 10.3. The SMILES string of the molecule is CC(C)OC(=O)CCCOCCNC(=O)c1cccnc1. The number of carbonyl (C=O) groups excluding carboxylic acids is 2. The summed E-state index contributed by atoms with van der Waals surface area (Å²) in [6, 6.07) is 3.41. The molecule has 1 aromatic heterocycles. The summed E-state index contributed by atoms with van der Waals surface area (Å²) in [6.07, 6.45) is 4.00. The van der Waals surface area contributed by atoms with Crippen LogP contribution in [0.25, 0.3) is 0 Å². The molecule has 0 fully saturated rings. The van der Waals surface area contributed by atoms with E-state index in [0.717, 1.165) is 0 Å². The molecule has 1 N–H and O–H groups in total. The second kappa shape index (κ2) is 9.88. The molecule has 0 spiro atoms. The third-order valence-corrected chi connectivity index (χ3v) is 2.49. The predicted molar refractivity (Wildman–Crippen MR) is 77.9 cm³/mol. The molecule has 0 radical (unpaired) electrons. The second-order valence-electron chi connectivity index (χ2n) is 4.75. The molecule has 1 aromatic rings. The van der Waals surface area contributed by atoms with Crippen LogP contribution in [0.4, 0.5) is 0 Å². The van der Waals surface area contributed by atoms with E-state index in [1.54, 1.807) is 18.3 Å². The van der Waals surface area contributed by atoms with E-state index in [1.165, 1.54) is 6.20 Å². The van der Waals surface area contributed by atoms with Crippen molar-refractivity contribution < 1.29 is 19.1 Å². The Hall–Kier alpha value is -1.95. The summed E-state index contributed by atoms with van der Waals surface area (Å²) in [5, 5.41) is 2.73. The first-order chi connectivity index (χ1) is 10.1. The van der Waals surface area contributed by atoms with E-state index in [0.29, 0.717) is 38.2 Å². The zero-order valence-electron chi connectivity index (χ0n) is 12.5. The van der Waals surface area contributed by atoms with Gasteiger partial charge in [-0.25, -0.2) is 0 Å². The van der Waals surface area contributed by atoms with Crippen molar-refractivity contribution >= 4 is 11.9 Å². The largest absolute Gasteiger partial charge is 0.463 e. The highest BCUT2D eigenvalue weighted by molar-refractivity contribution is 5.93. The average Bonchev–Trinajstić information content (AvgIpc) is 2.46. The number of esters is 1. The normalized spacial score (nSPS) is 10.4. The third-order valence-electron chi connectivity index (χ3n) is 2.49. The molecule has 0 saturated carbocycles. The van der Waals surface area contributed by atoms with Crippen molar-refractivity contribution in [1.82, 2.24) is 10.3 Å². The van der Waals surface area contributed by atoms with E-state index < -0.39 is 0 Å². The molecule has 0 aliphatic rings. The van der Waals surface area contributed by atoms with Crippen LogP contribution in [-0.4, -0.2) is 42.7 Å². The van der Waals surface area contributed by atoms with Gasteiger partial charge in [-0.3, -0.25) is 14.6 Å². The van der Waals surface area contributed by atoms with Gasteiger partial charge in [-0.15, -0.1) is 0 Å². The first kappa shape index (κ1) is 17.1. The molecule has 0 aliphatic carbocycles. The molecule has 6 nitrogen and oxygen atoms in total. The number of carbonyl (C=O) groups is 2. The lowest BCUT2D eigenvalue weighted by Crippen LogP contribution is -2.27. The monoisotopic (exact) mass is 294 g/mol. The van der Waals surface area contributed by atoms with E-state index in [1.807, 2.05) is 13.8 Å². The number of amides is 1. The predicted octanol–water partition coefficient (Wildman–Crippen LogP) is 1.56. The highest BCUT2D eigenvalue weighted by Gasteiger charge is 2.05. The maximum atomic E-state index is 11.7. The Labute approximate surface area is 124 Å². The van der Waals surface area contributed by atoms with Gasteiger partial charge in [0.25, 0.3) is 5.91 Å². The molecule has 0 aromatic carbocycles. The van der Waals surface area contributed by atoms with Crippen LogP contribution in [0.3, 0.4) is 0 Å². The maximum absolute atomic E-state index is 11.7. The van der Waals surface area contributed by atoms with Crippen molar-refractivity contribution in [2.75, 3.05) is 19.8 Å². The van der Waals surface area contributed by atoms with E-state index in [-0.39, 0.29) is 18.0 Å². The van der Waals surface area contributed by atoms with E-state index in [4.69, 9.17) is 9.47 Å². The van der Waals surface area contributed by atoms with Crippen LogP contribution in [0.2, 0.25) is 0 Å². The summed E-state index contributed by atoms with van der Waals surface area (Å²) in [4.78, 5) is 26.8. The van der Waals surface area contributed by atoms with Crippen LogP contribution < -0.4 is 5.32 Å². The molecule has 0 aliphatic heterocycles. The summed E-state index contributed by atoms with van der Waals surface area (Å²) >= 11 is 0. The molecular weight excluding hydrogens is 272 g/mol. The van der Waals surface area contributed by atoms with Crippen LogP contribution >= 0.6 is 0 Å². The van der Waals surface area contributed by atoms with Gasteiger partial charge in [0, 0.05) is 32.0 Å². The van der Waals surface area contributed by atoms with Gasteiger partial charge in [-0.05, 0) is 32.4 Å². The molecule has 0 bridgehead atoms. The van der Waals surface area contributed by atoms with Crippen LogP contribution in [0.5, 0.6) is 0 Å². The van der Waals surface area contributed by atoms with Gasteiger partial charge >= 0.3 is 5.97 Å². The standard InChI is InChI=1S/C15H22N2O4/c1-12(2)21-14(18)6-4-9-20-10-8-17-15(19)13-5-3-7-16-11-13/h3,5,7,11-12H,4,6,8-10H2,1-2H3,(H,17,19). The van der Waals surface area contributed by atoms with Crippen molar-refractivity contribution in [3.05, 3.63) is 30.1 Å². The number of nitrogens with zero attached hydrogens (tertiary/aromatic N) is 1. The molecule has 0 saturated heterocycles. The summed E-state index contributed by atoms with van der Waals surface area (Å²) in [6.45, 7) is 4.93. The third kappa shape index (κ3) is 8.04. The van der Waals surface area contributed by atoms with Gasteiger partial charge in [-0.1, -0.05) is 0 Å². The zero-order chi connectivity index (χ0) is 15.5. The number of nitrogens with one attached hydrogen (secondary N) is 1. The number of pyridine rings is 1. The highest BCUT2D eigenvalue weighted by atomic mass is 16.5. The van der Waals surface area contributed by atoms with Crippen LogP contribution in [0, 0.1) is 0 Å². The topological polar surface area (TPSA) is 77.5 Å². The Balaban J connectivity index is 2.00. The molecule has 6 heteroatoms. The Bertz CT molecular complexity index is 435. The lowest BCUT2D eigenvalue weighted by atomic mass is 10.3. The van der Waals surface area contributed by atoms with Crippen molar-refractivity contribution in [2.45, 2.75) is 32.8 Å². The van der Waals surface area contributed by atoms with Gasteiger partial charge in [0.1, 0.15) is 0 Å². The summed E-state index contributed by atoms with van der Waals surface area (Å²) in [5.74, 6) is -0.384. The fraction of sp³-hybridized carbons (Fsp3) is 0.533. The summed E-state index contributed by atoms with van der Waals surface area (Å²) in [5.41, 5.74) is 0.522. The number of hydrogen-bond acceptors (Lipinski definition) is 5. The van der Waals surface area contributed by atoms with Crippen LogP contribution in [0.15, 0.2) is 24.5 Å². The minimum atomic E-state index is -0.210. The Morgan fingerprint density at radius 2 is 2.14 bits per heavy atom. The molecular formula is C15H22N2O4. The number of ether oxygens (including phenoxy) is 2. The first-order valence-corrected chi connectivity index (χ1v) is 7.05. The molecule has 116 valence electrons. The van der Waals surface area contributed by atoms with Crippen molar-refractivity contribution in [2.24, 2.45) is 0 Å². The van der Waals surface area contributed by atoms with Gasteiger partial charge in [-0.2, -0.15) is 0 Å². The first-order valence-electron chi connectivity index (χ1n) is 7.05. The Kier molecular flexibility index (Phi) is 8.04. The van der Waals surface area contributed by atoms with Gasteiger partial charge in [0.2, 0.25) is 0 Å². The fourth-order valence-electron chi connectivity index (χ4n) is 1.58. The molecule has 0 unspecified atom stereocenters. The lowest BCUT2D eigenvalue weighted by Gasteiger charge is -2.08. The van der Waals surface area contributed by atoms with E-state index >= 15 is 0 Å². The molecule has 1 heterocycles. The molecule has 21 heavy (non-hydrogen) atoms.